The van der Waals surface area contributed by atoms with Crippen molar-refractivity contribution in [3.63, 3.8) is 0 Å². The van der Waals surface area contributed by atoms with Crippen molar-refractivity contribution in [2.45, 2.75) is 45.6 Å². The SMILES string of the molecule is Cc1ccc(S(=O)(=O)N(CC(=O)N/N=C/c2ccc(OCC(=O)NC(C)C)cc2)c2ccc(C)cc2C)cc1. The maximum Gasteiger partial charge on any atom is 0.264 e. The Hall–Kier alpha value is -4.18. The van der Waals surface area contributed by atoms with Crippen molar-refractivity contribution in [2.24, 2.45) is 5.10 Å². The van der Waals surface area contributed by atoms with Crippen molar-refractivity contribution >= 4 is 33.7 Å². The van der Waals surface area contributed by atoms with Gasteiger partial charge in [0.15, 0.2) is 6.61 Å². The second kappa shape index (κ2) is 13.1. The summed E-state index contributed by atoms with van der Waals surface area (Å²) in [6.45, 7) is 8.78. The first-order valence-electron chi connectivity index (χ1n) is 12.5. The number of anilines is 1. The molecule has 2 amide bonds. The normalized spacial score (nSPS) is 11.4. The van der Waals surface area contributed by atoms with E-state index in [1.807, 2.05) is 33.8 Å². The summed E-state index contributed by atoms with van der Waals surface area (Å²) in [5, 5.41) is 6.72. The number of carbonyl (C=O) groups is 2. The van der Waals surface area contributed by atoms with Crippen molar-refractivity contribution in [1.82, 2.24) is 10.7 Å². The Kier molecular flexibility index (Phi) is 9.84. The highest BCUT2D eigenvalue weighted by molar-refractivity contribution is 7.92. The van der Waals surface area contributed by atoms with Crippen LogP contribution in [0.3, 0.4) is 0 Å². The maximum absolute atomic E-state index is 13.6. The molecule has 10 heteroatoms. The molecule has 0 fully saturated rings. The highest BCUT2D eigenvalue weighted by atomic mass is 32.2. The molecule has 0 radical (unpaired) electrons. The van der Waals surface area contributed by atoms with E-state index in [1.54, 1.807) is 55.5 Å². The van der Waals surface area contributed by atoms with Crippen LogP contribution in [0.15, 0.2) is 76.7 Å². The molecule has 3 rings (SSSR count). The first kappa shape index (κ1) is 29.4. The number of hydrogen-bond acceptors (Lipinski definition) is 6. The van der Waals surface area contributed by atoms with Gasteiger partial charge in [0.2, 0.25) is 0 Å². The topological polar surface area (TPSA) is 117 Å². The van der Waals surface area contributed by atoms with E-state index in [9.17, 15) is 18.0 Å². The van der Waals surface area contributed by atoms with E-state index >= 15 is 0 Å². The van der Waals surface area contributed by atoms with Crippen LogP contribution in [0.5, 0.6) is 5.75 Å². The summed E-state index contributed by atoms with van der Waals surface area (Å²) in [4.78, 5) is 24.6. The average molecular weight is 551 g/mol. The molecule has 0 heterocycles. The molecule has 0 spiro atoms. The molecule has 0 aliphatic rings. The minimum atomic E-state index is -4.02. The van der Waals surface area contributed by atoms with Gasteiger partial charge in [-0.25, -0.2) is 13.8 Å². The van der Waals surface area contributed by atoms with Gasteiger partial charge in [-0.15, -0.1) is 0 Å². The molecule has 0 aliphatic heterocycles. The summed E-state index contributed by atoms with van der Waals surface area (Å²) in [6.07, 6.45) is 1.43. The summed E-state index contributed by atoms with van der Waals surface area (Å²) in [5.74, 6) is -0.295. The number of amides is 2. The fourth-order valence-corrected chi connectivity index (χ4v) is 5.22. The van der Waals surface area contributed by atoms with Crippen LogP contribution >= 0.6 is 0 Å². The molecule has 0 atom stereocenters. The summed E-state index contributed by atoms with van der Waals surface area (Å²) >= 11 is 0. The monoisotopic (exact) mass is 550 g/mol. The average Bonchev–Trinajstić information content (AvgIpc) is 2.87. The Bertz CT molecular complexity index is 1430. The van der Waals surface area contributed by atoms with Crippen molar-refractivity contribution in [3.05, 3.63) is 89.0 Å². The molecule has 0 aliphatic carbocycles. The molecule has 0 saturated heterocycles. The van der Waals surface area contributed by atoms with Crippen LogP contribution in [-0.2, 0) is 19.6 Å². The lowest BCUT2D eigenvalue weighted by Gasteiger charge is -2.25. The minimum Gasteiger partial charge on any atom is -0.484 e. The summed E-state index contributed by atoms with van der Waals surface area (Å²) in [5.41, 5.74) is 6.13. The van der Waals surface area contributed by atoms with Crippen molar-refractivity contribution in [3.8, 4) is 5.75 Å². The zero-order valence-electron chi connectivity index (χ0n) is 22.8. The van der Waals surface area contributed by atoms with Crippen LogP contribution in [0.1, 0.15) is 36.1 Å². The third-order valence-corrected chi connectivity index (χ3v) is 7.39. The molecule has 3 aromatic carbocycles. The number of nitrogens with one attached hydrogen (secondary N) is 2. The lowest BCUT2D eigenvalue weighted by Crippen LogP contribution is -2.40. The number of aryl methyl sites for hydroxylation is 3. The molecule has 9 nitrogen and oxygen atoms in total. The first-order valence-corrected chi connectivity index (χ1v) is 13.9. The predicted octanol–water partition coefficient (Wildman–Crippen LogP) is 3.86. The number of sulfonamides is 1. The van der Waals surface area contributed by atoms with Gasteiger partial charge in [-0.1, -0.05) is 35.4 Å². The number of hydrazone groups is 1. The van der Waals surface area contributed by atoms with Gasteiger partial charge in [-0.2, -0.15) is 5.10 Å². The molecule has 0 saturated carbocycles. The Morgan fingerprint density at radius 1 is 0.923 bits per heavy atom. The second-order valence-corrected chi connectivity index (χ2v) is 11.4. The molecule has 0 aromatic heterocycles. The zero-order valence-corrected chi connectivity index (χ0v) is 23.6. The summed E-state index contributed by atoms with van der Waals surface area (Å²) < 4.78 is 33.7. The predicted molar refractivity (Wildman–Crippen MR) is 153 cm³/mol. The first-order chi connectivity index (χ1) is 18.5. The number of benzene rings is 3. The van der Waals surface area contributed by atoms with E-state index in [1.165, 1.54) is 18.3 Å². The minimum absolute atomic E-state index is 0.0330. The van der Waals surface area contributed by atoms with E-state index in [4.69, 9.17) is 4.74 Å². The van der Waals surface area contributed by atoms with Gasteiger partial charge in [0, 0.05) is 6.04 Å². The molecular formula is C29H34N4O5S. The number of ether oxygens (including phenoxy) is 1. The Morgan fingerprint density at radius 2 is 1.56 bits per heavy atom. The van der Waals surface area contributed by atoms with Crippen molar-refractivity contribution in [2.75, 3.05) is 17.5 Å². The molecule has 2 N–H and O–H groups in total. The van der Waals surface area contributed by atoms with Gasteiger partial charge in [0.05, 0.1) is 16.8 Å². The number of rotatable bonds is 11. The maximum atomic E-state index is 13.6. The Morgan fingerprint density at radius 3 is 2.18 bits per heavy atom. The fraction of sp³-hybridized carbons (Fsp3) is 0.276. The van der Waals surface area contributed by atoms with E-state index in [0.717, 1.165) is 21.0 Å². The van der Waals surface area contributed by atoms with Crippen LogP contribution in [-0.4, -0.2) is 45.6 Å². The van der Waals surface area contributed by atoms with Crippen LogP contribution in [0.4, 0.5) is 5.69 Å². The second-order valence-electron chi connectivity index (χ2n) is 9.49. The van der Waals surface area contributed by atoms with Crippen LogP contribution in [0, 0.1) is 20.8 Å². The van der Waals surface area contributed by atoms with Crippen LogP contribution < -0.4 is 19.8 Å². The third kappa shape index (κ3) is 8.41. The number of hydrogen-bond donors (Lipinski definition) is 2. The van der Waals surface area contributed by atoms with E-state index in [-0.39, 0.29) is 23.5 Å². The Balaban J connectivity index is 1.69. The summed E-state index contributed by atoms with van der Waals surface area (Å²) in [7, 11) is -4.02. The smallest absolute Gasteiger partial charge is 0.264 e. The molecule has 0 unspecified atom stereocenters. The van der Waals surface area contributed by atoms with Gasteiger partial charge >= 0.3 is 0 Å². The molecular weight excluding hydrogens is 516 g/mol. The summed E-state index contributed by atoms with van der Waals surface area (Å²) in [6, 6.07) is 18.7. The van der Waals surface area contributed by atoms with Gasteiger partial charge in [0.1, 0.15) is 12.3 Å². The highest BCUT2D eigenvalue weighted by Gasteiger charge is 2.28. The molecule has 39 heavy (non-hydrogen) atoms. The van der Waals surface area contributed by atoms with Gasteiger partial charge < -0.3 is 10.1 Å². The van der Waals surface area contributed by atoms with Gasteiger partial charge in [-0.3, -0.25) is 13.9 Å². The lowest BCUT2D eigenvalue weighted by atomic mass is 10.1. The zero-order chi connectivity index (χ0) is 28.6. The van der Waals surface area contributed by atoms with Crippen molar-refractivity contribution in [1.29, 1.82) is 0 Å². The van der Waals surface area contributed by atoms with E-state index in [0.29, 0.717) is 17.0 Å². The van der Waals surface area contributed by atoms with Crippen molar-refractivity contribution < 1.29 is 22.7 Å². The fourth-order valence-electron chi connectivity index (χ4n) is 3.73. The third-order valence-electron chi connectivity index (χ3n) is 5.62. The largest absolute Gasteiger partial charge is 0.484 e. The van der Waals surface area contributed by atoms with Crippen LogP contribution in [0.25, 0.3) is 0 Å². The molecule has 3 aromatic rings. The van der Waals surface area contributed by atoms with Crippen LogP contribution in [0.2, 0.25) is 0 Å². The van der Waals surface area contributed by atoms with Gasteiger partial charge in [0.25, 0.3) is 21.8 Å². The number of nitrogens with zero attached hydrogens (tertiary/aromatic N) is 2. The van der Waals surface area contributed by atoms with E-state index < -0.39 is 22.5 Å². The number of carbonyl (C=O) groups excluding carboxylic acids is 2. The van der Waals surface area contributed by atoms with E-state index in [2.05, 4.69) is 15.8 Å². The highest BCUT2D eigenvalue weighted by Crippen LogP contribution is 2.27. The quantitative estimate of drug-likeness (QED) is 0.278. The standard InChI is InChI=1S/C29H34N4O5S/c1-20(2)31-29(35)19-38-25-11-9-24(10-12-25)17-30-32-28(34)18-33(27-15-8-22(4)16-23(27)5)39(36,37)26-13-6-21(3)7-14-26/h6-17,20H,18-19H2,1-5H3,(H,31,35)(H,32,34)/b30-17+. The molecule has 206 valence electrons. The lowest BCUT2D eigenvalue weighted by molar-refractivity contribution is -0.123. The van der Waals surface area contributed by atoms with Gasteiger partial charge in [-0.05, 0) is 88.2 Å². The Labute approximate surface area is 229 Å². The molecule has 0 bridgehead atoms.